The van der Waals surface area contributed by atoms with Gasteiger partial charge in [-0.2, -0.15) is 0 Å². The molecule has 0 spiro atoms. The van der Waals surface area contributed by atoms with Crippen LogP contribution in [-0.2, 0) is 5.60 Å². The number of aliphatic hydroxyl groups is 1. The molecule has 2 saturated heterocycles. The van der Waals surface area contributed by atoms with Gasteiger partial charge >= 0.3 is 0 Å². The van der Waals surface area contributed by atoms with Gasteiger partial charge in [0.2, 0.25) is 0 Å². The summed E-state index contributed by atoms with van der Waals surface area (Å²) in [6.45, 7) is 2.17. The van der Waals surface area contributed by atoms with Gasteiger partial charge in [0.05, 0.1) is 10.6 Å². The van der Waals surface area contributed by atoms with Gasteiger partial charge in [-0.25, -0.2) is 0 Å². The largest absolute Gasteiger partial charge is 0.383 e. The number of piperidine rings is 1. The number of pyridine rings is 1. The summed E-state index contributed by atoms with van der Waals surface area (Å²) < 4.78 is 0. The summed E-state index contributed by atoms with van der Waals surface area (Å²) in [4.78, 5) is 21.0. The number of rotatable bonds is 3. The van der Waals surface area contributed by atoms with E-state index in [1.54, 1.807) is 17.5 Å². The van der Waals surface area contributed by atoms with Gasteiger partial charge in [0.15, 0.2) is 0 Å². The third-order valence-electron chi connectivity index (χ3n) is 5.26. The average molecular weight is 357 g/mol. The Balaban J connectivity index is 1.41. The molecule has 2 fully saturated rings. The third-order valence-corrected chi connectivity index (χ3v) is 6.45. The van der Waals surface area contributed by atoms with Crippen molar-refractivity contribution >= 4 is 17.2 Å². The number of hydrogen-bond donors (Lipinski definition) is 2. The fourth-order valence-electron chi connectivity index (χ4n) is 3.71. The first-order chi connectivity index (χ1) is 12.2. The Hall–Kier alpha value is -1.76. The summed E-state index contributed by atoms with van der Waals surface area (Å²) in [7, 11) is 0. The highest BCUT2D eigenvalue weighted by atomic mass is 32.1. The van der Waals surface area contributed by atoms with Crippen molar-refractivity contribution in [2.45, 2.75) is 37.3 Å². The van der Waals surface area contributed by atoms with E-state index in [0.29, 0.717) is 37.7 Å². The zero-order valence-electron chi connectivity index (χ0n) is 14.1. The van der Waals surface area contributed by atoms with E-state index < -0.39 is 5.60 Å². The zero-order chi connectivity index (χ0) is 17.3. The molecule has 0 bridgehead atoms. The first-order valence-corrected chi connectivity index (χ1v) is 9.74. The second-order valence-electron chi connectivity index (χ2n) is 6.89. The molecule has 2 aliphatic heterocycles. The average Bonchev–Trinajstić information content (AvgIpc) is 3.34. The first kappa shape index (κ1) is 16.7. The van der Waals surface area contributed by atoms with E-state index >= 15 is 0 Å². The zero-order valence-corrected chi connectivity index (χ0v) is 15.0. The predicted octanol–water partition coefficient (Wildman–Crippen LogP) is 2.69. The Labute approximate surface area is 151 Å². The van der Waals surface area contributed by atoms with E-state index in [1.807, 2.05) is 29.2 Å². The van der Waals surface area contributed by atoms with Crippen LogP contribution in [0.2, 0.25) is 0 Å². The van der Waals surface area contributed by atoms with Crippen molar-refractivity contribution < 1.29 is 9.90 Å². The van der Waals surface area contributed by atoms with Gasteiger partial charge in [-0.1, -0.05) is 6.07 Å². The quantitative estimate of drug-likeness (QED) is 0.886. The van der Waals surface area contributed by atoms with Gasteiger partial charge in [0.1, 0.15) is 5.60 Å². The van der Waals surface area contributed by atoms with Crippen LogP contribution in [0.15, 0.2) is 36.5 Å². The van der Waals surface area contributed by atoms with Crippen LogP contribution in [0.5, 0.6) is 0 Å². The van der Waals surface area contributed by atoms with Gasteiger partial charge in [0, 0.05) is 30.2 Å². The molecule has 0 radical (unpaired) electrons. The third kappa shape index (κ3) is 3.34. The Morgan fingerprint density at radius 3 is 2.80 bits per heavy atom. The smallest absolute Gasteiger partial charge is 0.263 e. The molecule has 1 amide bonds. The van der Waals surface area contributed by atoms with Crippen LogP contribution in [0.1, 0.15) is 52.0 Å². The summed E-state index contributed by atoms with van der Waals surface area (Å²) in [5, 5.41) is 14.3. The molecular formula is C19H23N3O2S. The van der Waals surface area contributed by atoms with E-state index in [1.165, 1.54) is 11.3 Å². The Bertz CT molecular complexity index is 732. The number of amides is 1. The van der Waals surface area contributed by atoms with E-state index in [0.717, 1.165) is 17.8 Å². The molecule has 2 aromatic rings. The summed E-state index contributed by atoms with van der Waals surface area (Å²) in [5.74, 6) is 0.0808. The number of nitrogens with one attached hydrogen (secondary N) is 1. The lowest BCUT2D eigenvalue weighted by molar-refractivity contribution is -0.0243. The molecule has 0 aromatic carbocycles. The highest BCUT2D eigenvalue weighted by Gasteiger charge is 2.37. The van der Waals surface area contributed by atoms with Crippen molar-refractivity contribution in [3.8, 4) is 0 Å². The molecule has 0 saturated carbocycles. The first-order valence-electron chi connectivity index (χ1n) is 8.92. The lowest BCUT2D eigenvalue weighted by atomic mass is 9.87. The Morgan fingerprint density at radius 2 is 2.12 bits per heavy atom. The van der Waals surface area contributed by atoms with Crippen LogP contribution in [-0.4, -0.2) is 40.5 Å². The summed E-state index contributed by atoms with van der Waals surface area (Å²) >= 11 is 1.60. The van der Waals surface area contributed by atoms with Gasteiger partial charge < -0.3 is 15.3 Å². The summed E-state index contributed by atoms with van der Waals surface area (Å²) in [6.07, 6.45) is 5.10. The maximum atomic E-state index is 12.8. The van der Waals surface area contributed by atoms with Crippen LogP contribution in [0, 0.1) is 0 Å². The van der Waals surface area contributed by atoms with Crippen LogP contribution < -0.4 is 5.32 Å². The predicted molar refractivity (Wildman–Crippen MR) is 97.6 cm³/mol. The van der Waals surface area contributed by atoms with Crippen LogP contribution in [0.25, 0.3) is 0 Å². The Kier molecular flexibility index (Phi) is 4.58. The molecule has 1 unspecified atom stereocenters. The molecule has 2 aliphatic rings. The molecule has 1 atom stereocenters. The molecule has 132 valence electrons. The normalized spacial score (nSPS) is 22.9. The van der Waals surface area contributed by atoms with Crippen LogP contribution in [0.3, 0.4) is 0 Å². The number of hydrogen-bond acceptors (Lipinski definition) is 5. The van der Waals surface area contributed by atoms with Gasteiger partial charge in [-0.15, -0.1) is 11.3 Å². The Morgan fingerprint density at radius 1 is 1.28 bits per heavy atom. The van der Waals surface area contributed by atoms with Crippen molar-refractivity contribution in [1.29, 1.82) is 0 Å². The van der Waals surface area contributed by atoms with Crippen LogP contribution in [0.4, 0.5) is 0 Å². The molecule has 4 rings (SSSR count). The van der Waals surface area contributed by atoms with Gasteiger partial charge in [-0.05, 0) is 56.5 Å². The van der Waals surface area contributed by atoms with Crippen molar-refractivity contribution in [2.24, 2.45) is 0 Å². The number of carbonyl (C=O) groups is 1. The maximum Gasteiger partial charge on any atom is 0.263 e. The molecule has 6 heteroatoms. The number of aromatic nitrogens is 1. The molecule has 2 N–H and O–H groups in total. The number of likely N-dealkylation sites (tertiary alicyclic amines) is 1. The van der Waals surface area contributed by atoms with Crippen molar-refractivity contribution in [2.75, 3.05) is 19.6 Å². The van der Waals surface area contributed by atoms with Gasteiger partial charge in [0.25, 0.3) is 5.91 Å². The minimum Gasteiger partial charge on any atom is -0.383 e. The van der Waals surface area contributed by atoms with E-state index in [-0.39, 0.29) is 5.91 Å². The topological polar surface area (TPSA) is 65.5 Å². The van der Waals surface area contributed by atoms with Crippen LogP contribution >= 0.6 is 11.3 Å². The van der Waals surface area contributed by atoms with E-state index in [2.05, 4.69) is 16.4 Å². The maximum absolute atomic E-state index is 12.8. The minimum absolute atomic E-state index is 0.0808. The summed E-state index contributed by atoms with van der Waals surface area (Å²) in [6, 6.07) is 10.0. The lowest BCUT2D eigenvalue weighted by Crippen LogP contribution is -2.45. The van der Waals surface area contributed by atoms with Crippen molar-refractivity contribution in [1.82, 2.24) is 15.2 Å². The molecule has 4 heterocycles. The fourth-order valence-corrected chi connectivity index (χ4v) is 4.80. The second kappa shape index (κ2) is 6.86. The molecule has 2 aromatic heterocycles. The highest BCUT2D eigenvalue weighted by Crippen LogP contribution is 2.34. The lowest BCUT2D eigenvalue weighted by Gasteiger charge is -2.37. The standard InChI is InChI=1S/C19H23N3O2S/c23-18(16-7-6-15(25-16)14-4-3-11-20-14)22-12-8-19(24,9-13-22)17-5-1-2-10-21-17/h1-2,5-7,10,14,20,24H,3-4,8-9,11-13H2. The van der Waals surface area contributed by atoms with Gasteiger partial charge in [-0.3, -0.25) is 9.78 Å². The second-order valence-corrected chi connectivity index (χ2v) is 8.01. The fraction of sp³-hybridized carbons (Fsp3) is 0.474. The van der Waals surface area contributed by atoms with E-state index in [4.69, 9.17) is 0 Å². The summed E-state index contributed by atoms with van der Waals surface area (Å²) in [5.41, 5.74) is -0.223. The SMILES string of the molecule is O=C(c1ccc(C2CCCN2)s1)N1CCC(O)(c2ccccn2)CC1. The molecular weight excluding hydrogens is 334 g/mol. The molecule has 5 nitrogen and oxygen atoms in total. The monoisotopic (exact) mass is 357 g/mol. The molecule has 0 aliphatic carbocycles. The minimum atomic E-state index is -0.924. The van der Waals surface area contributed by atoms with Crippen molar-refractivity contribution in [3.63, 3.8) is 0 Å². The number of nitrogens with zero attached hydrogens (tertiary/aromatic N) is 2. The molecule has 25 heavy (non-hydrogen) atoms. The highest BCUT2D eigenvalue weighted by molar-refractivity contribution is 7.14. The number of thiophene rings is 1. The number of carbonyl (C=O) groups excluding carboxylic acids is 1. The van der Waals surface area contributed by atoms with E-state index in [9.17, 15) is 9.90 Å². The van der Waals surface area contributed by atoms with Crippen molar-refractivity contribution in [3.05, 3.63) is 52.0 Å².